The van der Waals surface area contributed by atoms with Crippen molar-refractivity contribution in [2.45, 2.75) is 13.8 Å². The van der Waals surface area contributed by atoms with Crippen molar-refractivity contribution in [2.75, 3.05) is 12.4 Å². The Hall–Kier alpha value is -2.29. The van der Waals surface area contributed by atoms with Crippen molar-refractivity contribution in [1.29, 1.82) is 0 Å². The zero-order valence-electron chi connectivity index (χ0n) is 11.4. The van der Waals surface area contributed by atoms with Crippen LogP contribution in [0.5, 0.6) is 0 Å². The van der Waals surface area contributed by atoms with Crippen molar-refractivity contribution < 1.29 is 0 Å². The number of nitrogens with one attached hydrogen (secondary N) is 2. The largest absolute Gasteiger partial charge is 0.388 e. The minimum atomic E-state index is 0.923. The lowest BCUT2D eigenvalue weighted by molar-refractivity contribution is 1.33. The summed E-state index contributed by atoms with van der Waals surface area (Å²) >= 11 is 0. The lowest BCUT2D eigenvalue weighted by Crippen LogP contribution is -1.87. The predicted octanol–water partition coefficient (Wildman–Crippen LogP) is 3.89. The molecule has 3 aromatic rings. The van der Waals surface area contributed by atoms with Gasteiger partial charge in [-0.25, -0.2) is 4.98 Å². The number of imidazole rings is 1. The first-order valence-electron chi connectivity index (χ1n) is 6.42. The molecule has 0 saturated heterocycles. The number of rotatable bonds is 2. The number of hydrogen-bond acceptors (Lipinski definition) is 2. The van der Waals surface area contributed by atoms with Gasteiger partial charge in [-0.05, 0) is 55.3 Å². The molecule has 2 N–H and O–H groups in total. The molecule has 0 aliphatic rings. The molecule has 0 aliphatic heterocycles. The second kappa shape index (κ2) is 4.43. The highest BCUT2D eigenvalue weighted by Crippen LogP contribution is 2.24. The van der Waals surface area contributed by atoms with Gasteiger partial charge in [-0.1, -0.05) is 6.07 Å². The molecule has 0 radical (unpaired) electrons. The Kier molecular flexibility index (Phi) is 2.75. The fraction of sp³-hybridized carbons (Fsp3) is 0.188. The van der Waals surface area contributed by atoms with Crippen LogP contribution in [-0.4, -0.2) is 17.0 Å². The maximum atomic E-state index is 4.70. The first-order valence-corrected chi connectivity index (χ1v) is 6.42. The topological polar surface area (TPSA) is 40.7 Å². The van der Waals surface area contributed by atoms with Crippen molar-refractivity contribution in [3.63, 3.8) is 0 Å². The van der Waals surface area contributed by atoms with Crippen LogP contribution in [0.15, 0.2) is 36.4 Å². The van der Waals surface area contributed by atoms with E-state index < -0.39 is 0 Å². The van der Waals surface area contributed by atoms with Crippen LogP contribution in [0, 0.1) is 13.8 Å². The average Bonchev–Trinajstić information content (AvgIpc) is 2.83. The van der Waals surface area contributed by atoms with E-state index in [0.717, 1.165) is 28.1 Å². The standard InChI is InChI=1S/C16H17N3/c1-10-8-11(2)15-14(9-10)18-16(19-15)12-4-6-13(17-3)7-5-12/h4-9,17H,1-3H3,(H,18,19). The van der Waals surface area contributed by atoms with Crippen LogP contribution in [-0.2, 0) is 0 Å². The fourth-order valence-electron chi connectivity index (χ4n) is 2.40. The summed E-state index contributed by atoms with van der Waals surface area (Å²) < 4.78 is 0. The number of anilines is 1. The van der Waals surface area contributed by atoms with Crippen LogP contribution in [0.4, 0.5) is 5.69 Å². The molecule has 3 rings (SSSR count). The molecule has 0 bridgehead atoms. The van der Waals surface area contributed by atoms with Gasteiger partial charge in [0.05, 0.1) is 11.0 Å². The van der Waals surface area contributed by atoms with Crippen LogP contribution in [0.2, 0.25) is 0 Å². The monoisotopic (exact) mass is 251 g/mol. The summed E-state index contributed by atoms with van der Waals surface area (Å²) in [7, 11) is 1.92. The second-order valence-corrected chi connectivity index (χ2v) is 4.89. The molecule has 0 amide bonds. The van der Waals surface area contributed by atoms with E-state index in [1.54, 1.807) is 0 Å². The SMILES string of the molecule is CNc1ccc(-c2nc3c(C)cc(C)cc3[nH]2)cc1. The minimum Gasteiger partial charge on any atom is -0.388 e. The highest BCUT2D eigenvalue weighted by molar-refractivity contribution is 5.83. The molecular weight excluding hydrogens is 234 g/mol. The summed E-state index contributed by atoms with van der Waals surface area (Å²) in [5.41, 5.74) is 6.83. The first-order chi connectivity index (χ1) is 9.17. The van der Waals surface area contributed by atoms with E-state index in [-0.39, 0.29) is 0 Å². The number of nitrogens with zero attached hydrogens (tertiary/aromatic N) is 1. The maximum absolute atomic E-state index is 4.70. The van der Waals surface area contributed by atoms with Gasteiger partial charge in [0.15, 0.2) is 0 Å². The summed E-state index contributed by atoms with van der Waals surface area (Å²) in [5, 5.41) is 3.12. The zero-order valence-corrected chi connectivity index (χ0v) is 11.4. The molecule has 2 aromatic carbocycles. The van der Waals surface area contributed by atoms with Crippen molar-refractivity contribution >= 4 is 16.7 Å². The highest BCUT2D eigenvalue weighted by atomic mass is 14.9. The number of H-pyrrole nitrogens is 1. The van der Waals surface area contributed by atoms with Gasteiger partial charge in [0, 0.05) is 18.3 Å². The molecule has 0 aliphatic carbocycles. The molecule has 0 spiro atoms. The lowest BCUT2D eigenvalue weighted by atomic mass is 10.1. The van der Waals surface area contributed by atoms with E-state index in [4.69, 9.17) is 4.98 Å². The van der Waals surface area contributed by atoms with Gasteiger partial charge < -0.3 is 10.3 Å². The second-order valence-electron chi connectivity index (χ2n) is 4.89. The van der Waals surface area contributed by atoms with Gasteiger partial charge in [0.2, 0.25) is 0 Å². The third-order valence-corrected chi connectivity index (χ3v) is 3.37. The normalized spacial score (nSPS) is 10.9. The van der Waals surface area contributed by atoms with Crippen molar-refractivity contribution in [3.8, 4) is 11.4 Å². The number of hydrogen-bond donors (Lipinski definition) is 2. The van der Waals surface area contributed by atoms with Crippen LogP contribution in [0.1, 0.15) is 11.1 Å². The molecule has 1 aromatic heterocycles. The van der Waals surface area contributed by atoms with E-state index in [2.05, 4.69) is 60.5 Å². The molecule has 96 valence electrons. The van der Waals surface area contributed by atoms with E-state index in [0.29, 0.717) is 0 Å². The number of aromatic nitrogens is 2. The number of aryl methyl sites for hydroxylation is 2. The van der Waals surface area contributed by atoms with Crippen LogP contribution in [0.25, 0.3) is 22.4 Å². The smallest absolute Gasteiger partial charge is 0.138 e. The first kappa shape index (κ1) is 11.8. The summed E-state index contributed by atoms with van der Waals surface area (Å²) in [4.78, 5) is 8.10. The Labute approximate surface area is 112 Å². The van der Waals surface area contributed by atoms with Gasteiger partial charge in [0.1, 0.15) is 5.82 Å². The average molecular weight is 251 g/mol. The Bertz CT molecular complexity index is 724. The molecule has 3 nitrogen and oxygen atoms in total. The summed E-state index contributed by atoms with van der Waals surface area (Å²) in [6, 6.07) is 12.6. The van der Waals surface area contributed by atoms with Gasteiger partial charge >= 0.3 is 0 Å². The minimum absolute atomic E-state index is 0.923. The van der Waals surface area contributed by atoms with Gasteiger partial charge in [-0.3, -0.25) is 0 Å². The predicted molar refractivity (Wildman–Crippen MR) is 80.6 cm³/mol. The Morgan fingerprint density at radius 2 is 1.79 bits per heavy atom. The fourth-order valence-corrected chi connectivity index (χ4v) is 2.40. The summed E-state index contributed by atoms with van der Waals surface area (Å²) in [6.45, 7) is 4.21. The molecule has 0 fully saturated rings. The summed E-state index contributed by atoms with van der Waals surface area (Å²) in [6.07, 6.45) is 0. The van der Waals surface area contributed by atoms with E-state index in [9.17, 15) is 0 Å². The van der Waals surface area contributed by atoms with Gasteiger partial charge in [0.25, 0.3) is 0 Å². The van der Waals surface area contributed by atoms with Crippen LogP contribution in [0.3, 0.4) is 0 Å². The molecule has 0 unspecified atom stereocenters. The van der Waals surface area contributed by atoms with E-state index in [1.165, 1.54) is 11.1 Å². The quantitative estimate of drug-likeness (QED) is 0.725. The van der Waals surface area contributed by atoms with E-state index >= 15 is 0 Å². The lowest BCUT2D eigenvalue weighted by Gasteiger charge is -2.00. The Morgan fingerprint density at radius 3 is 2.47 bits per heavy atom. The summed E-state index contributed by atoms with van der Waals surface area (Å²) in [5.74, 6) is 0.923. The van der Waals surface area contributed by atoms with Gasteiger partial charge in [-0.2, -0.15) is 0 Å². The zero-order chi connectivity index (χ0) is 13.4. The van der Waals surface area contributed by atoms with Crippen LogP contribution < -0.4 is 5.32 Å². The number of benzene rings is 2. The molecule has 0 atom stereocenters. The molecule has 3 heteroatoms. The van der Waals surface area contributed by atoms with Crippen LogP contribution >= 0.6 is 0 Å². The van der Waals surface area contributed by atoms with E-state index in [1.807, 2.05) is 7.05 Å². The number of aromatic amines is 1. The Balaban J connectivity index is 2.12. The molecular formula is C16H17N3. The molecule has 1 heterocycles. The van der Waals surface area contributed by atoms with Crippen molar-refractivity contribution in [1.82, 2.24) is 9.97 Å². The van der Waals surface area contributed by atoms with Gasteiger partial charge in [-0.15, -0.1) is 0 Å². The van der Waals surface area contributed by atoms with Crippen molar-refractivity contribution in [2.24, 2.45) is 0 Å². The Morgan fingerprint density at radius 1 is 1.05 bits per heavy atom. The third kappa shape index (κ3) is 2.08. The maximum Gasteiger partial charge on any atom is 0.138 e. The third-order valence-electron chi connectivity index (χ3n) is 3.37. The highest BCUT2D eigenvalue weighted by Gasteiger charge is 2.07. The number of fused-ring (bicyclic) bond motifs is 1. The molecule has 0 saturated carbocycles. The van der Waals surface area contributed by atoms with Crippen molar-refractivity contribution in [3.05, 3.63) is 47.5 Å². The molecule has 19 heavy (non-hydrogen) atoms.